The summed E-state index contributed by atoms with van der Waals surface area (Å²) in [5.74, 6) is 1.47. The molecule has 2 unspecified atom stereocenters. The monoisotopic (exact) mass is 318 g/mol. The molecule has 3 rings (SSSR count). The number of hydrogen-bond acceptors (Lipinski definition) is 4. The van der Waals surface area contributed by atoms with Crippen LogP contribution in [0.25, 0.3) is 0 Å². The molecule has 23 heavy (non-hydrogen) atoms. The minimum absolute atomic E-state index is 0.0124. The lowest BCUT2D eigenvalue weighted by atomic mass is 10.1. The summed E-state index contributed by atoms with van der Waals surface area (Å²) in [4.78, 5) is 12.1. The second-order valence-corrected chi connectivity index (χ2v) is 6.37. The molecule has 0 bridgehead atoms. The maximum absolute atomic E-state index is 12.1. The number of amides is 1. The van der Waals surface area contributed by atoms with E-state index in [1.807, 2.05) is 24.3 Å². The first-order valence-corrected chi connectivity index (χ1v) is 8.64. The van der Waals surface area contributed by atoms with Crippen LogP contribution in [-0.2, 0) is 4.74 Å². The number of carbonyl (C=O) groups excluding carboxylic acids is 1. The lowest BCUT2D eigenvalue weighted by Crippen LogP contribution is -2.26. The molecular weight excluding hydrogens is 292 g/mol. The Morgan fingerprint density at radius 2 is 2.17 bits per heavy atom. The van der Waals surface area contributed by atoms with E-state index in [4.69, 9.17) is 9.47 Å². The molecule has 5 nitrogen and oxygen atoms in total. The standard InChI is InChI=1S/C18H26N2O3/c21-18(20-10-8-14-7-9-19-12-14)15-3-5-16(6-4-15)23-13-17-2-1-11-22-17/h3-6,14,17,19H,1-2,7-13H2,(H,20,21). The van der Waals surface area contributed by atoms with Crippen molar-refractivity contribution in [3.8, 4) is 5.75 Å². The van der Waals surface area contributed by atoms with Gasteiger partial charge in [-0.2, -0.15) is 0 Å². The SMILES string of the molecule is O=C(NCCC1CCNC1)c1ccc(OCC2CCCO2)cc1. The highest BCUT2D eigenvalue weighted by atomic mass is 16.5. The Morgan fingerprint density at radius 1 is 1.30 bits per heavy atom. The molecule has 126 valence electrons. The van der Waals surface area contributed by atoms with Gasteiger partial charge in [0.05, 0.1) is 6.10 Å². The van der Waals surface area contributed by atoms with Crippen LogP contribution in [0.2, 0.25) is 0 Å². The number of ether oxygens (including phenoxy) is 2. The van der Waals surface area contributed by atoms with Gasteiger partial charge in [-0.1, -0.05) is 0 Å². The molecule has 0 aliphatic carbocycles. The van der Waals surface area contributed by atoms with Crippen molar-refractivity contribution in [3.63, 3.8) is 0 Å². The molecule has 2 heterocycles. The molecule has 2 aliphatic rings. The number of benzene rings is 1. The van der Waals surface area contributed by atoms with Gasteiger partial charge in [0.2, 0.25) is 0 Å². The minimum Gasteiger partial charge on any atom is -0.491 e. The molecule has 0 radical (unpaired) electrons. The highest BCUT2D eigenvalue weighted by Crippen LogP contribution is 2.17. The van der Waals surface area contributed by atoms with Crippen molar-refractivity contribution in [2.24, 2.45) is 5.92 Å². The molecule has 0 aromatic heterocycles. The maximum atomic E-state index is 12.1. The Hall–Kier alpha value is -1.59. The van der Waals surface area contributed by atoms with Gasteiger partial charge in [-0.15, -0.1) is 0 Å². The number of hydrogen-bond donors (Lipinski definition) is 2. The summed E-state index contributed by atoms with van der Waals surface area (Å²) in [6.07, 6.45) is 4.65. The smallest absolute Gasteiger partial charge is 0.251 e. The molecule has 2 aliphatic heterocycles. The van der Waals surface area contributed by atoms with E-state index >= 15 is 0 Å². The fraction of sp³-hybridized carbons (Fsp3) is 0.611. The molecule has 1 aromatic carbocycles. The molecule has 0 saturated carbocycles. The zero-order valence-corrected chi connectivity index (χ0v) is 13.6. The van der Waals surface area contributed by atoms with Gasteiger partial charge in [0, 0.05) is 18.7 Å². The summed E-state index contributed by atoms with van der Waals surface area (Å²) in [7, 11) is 0. The van der Waals surface area contributed by atoms with Crippen molar-refractivity contribution < 1.29 is 14.3 Å². The Kier molecular flexibility index (Phi) is 5.88. The summed E-state index contributed by atoms with van der Waals surface area (Å²) >= 11 is 0. The first kappa shape index (κ1) is 16.3. The lowest BCUT2D eigenvalue weighted by Gasteiger charge is -2.12. The van der Waals surface area contributed by atoms with Crippen molar-refractivity contribution in [3.05, 3.63) is 29.8 Å². The van der Waals surface area contributed by atoms with E-state index < -0.39 is 0 Å². The van der Waals surface area contributed by atoms with E-state index in [9.17, 15) is 4.79 Å². The van der Waals surface area contributed by atoms with Crippen LogP contribution < -0.4 is 15.4 Å². The lowest BCUT2D eigenvalue weighted by molar-refractivity contribution is 0.0679. The van der Waals surface area contributed by atoms with Crippen LogP contribution in [0.3, 0.4) is 0 Å². The largest absolute Gasteiger partial charge is 0.491 e. The van der Waals surface area contributed by atoms with E-state index in [2.05, 4.69) is 10.6 Å². The summed E-state index contributed by atoms with van der Waals surface area (Å²) in [5.41, 5.74) is 0.680. The van der Waals surface area contributed by atoms with Gasteiger partial charge < -0.3 is 20.1 Å². The second-order valence-electron chi connectivity index (χ2n) is 6.37. The van der Waals surface area contributed by atoms with Crippen LogP contribution >= 0.6 is 0 Å². The highest BCUT2D eigenvalue weighted by Gasteiger charge is 2.16. The zero-order chi connectivity index (χ0) is 15.9. The molecule has 2 N–H and O–H groups in total. The van der Waals surface area contributed by atoms with Crippen molar-refractivity contribution in [2.45, 2.75) is 31.8 Å². The van der Waals surface area contributed by atoms with E-state index in [1.165, 1.54) is 6.42 Å². The number of rotatable bonds is 7. The van der Waals surface area contributed by atoms with Crippen molar-refractivity contribution in [2.75, 3.05) is 32.8 Å². The summed E-state index contributed by atoms with van der Waals surface area (Å²) in [6.45, 7) is 4.34. The molecule has 5 heteroatoms. The average molecular weight is 318 g/mol. The van der Waals surface area contributed by atoms with E-state index in [-0.39, 0.29) is 12.0 Å². The number of nitrogens with one attached hydrogen (secondary N) is 2. The molecular formula is C18H26N2O3. The van der Waals surface area contributed by atoms with Gasteiger partial charge in [0.1, 0.15) is 12.4 Å². The minimum atomic E-state index is -0.0124. The third kappa shape index (κ3) is 4.94. The van der Waals surface area contributed by atoms with E-state index in [0.717, 1.165) is 51.3 Å². The Bertz CT molecular complexity index is 491. The third-order valence-electron chi connectivity index (χ3n) is 4.58. The quantitative estimate of drug-likeness (QED) is 0.807. The fourth-order valence-electron chi connectivity index (χ4n) is 3.12. The first-order chi connectivity index (χ1) is 11.3. The van der Waals surface area contributed by atoms with Crippen molar-refractivity contribution in [1.29, 1.82) is 0 Å². The van der Waals surface area contributed by atoms with Gasteiger partial charge in [0.25, 0.3) is 5.91 Å². The zero-order valence-electron chi connectivity index (χ0n) is 13.6. The fourth-order valence-corrected chi connectivity index (χ4v) is 3.12. The number of carbonyl (C=O) groups is 1. The second kappa shape index (κ2) is 8.31. The average Bonchev–Trinajstić information content (AvgIpc) is 3.27. The van der Waals surface area contributed by atoms with Gasteiger partial charge in [-0.3, -0.25) is 4.79 Å². The molecule has 1 aromatic rings. The van der Waals surface area contributed by atoms with Crippen molar-refractivity contribution >= 4 is 5.91 Å². The van der Waals surface area contributed by atoms with Crippen LogP contribution in [0.1, 0.15) is 36.0 Å². The highest BCUT2D eigenvalue weighted by molar-refractivity contribution is 5.94. The Morgan fingerprint density at radius 3 is 2.87 bits per heavy atom. The Labute approximate surface area is 137 Å². The summed E-state index contributed by atoms with van der Waals surface area (Å²) < 4.78 is 11.2. The van der Waals surface area contributed by atoms with E-state index in [1.54, 1.807) is 0 Å². The van der Waals surface area contributed by atoms with E-state index in [0.29, 0.717) is 18.1 Å². The van der Waals surface area contributed by atoms with Crippen LogP contribution in [0.4, 0.5) is 0 Å². The topological polar surface area (TPSA) is 59.6 Å². The third-order valence-corrected chi connectivity index (χ3v) is 4.58. The first-order valence-electron chi connectivity index (χ1n) is 8.64. The summed E-state index contributed by atoms with van der Waals surface area (Å²) in [6, 6.07) is 7.34. The van der Waals surface area contributed by atoms with Crippen molar-refractivity contribution in [1.82, 2.24) is 10.6 Å². The van der Waals surface area contributed by atoms with Crippen LogP contribution in [-0.4, -0.2) is 44.9 Å². The predicted molar refractivity (Wildman–Crippen MR) is 88.8 cm³/mol. The van der Waals surface area contributed by atoms with Crippen LogP contribution in [0.5, 0.6) is 5.75 Å². The normalized spacial score (nSPS) is 23.8. The molecule has 0 spiro atoms. The maximum Gasteiger partial charge on any atom is 0.251 e. The molecule has 2 saturated heterocycles. The van der Waals surface area contributed by atoms with Gasteiger partial charge >= 0.3 is 0 Å². The predicted octanol–water partition coefficient (Wildman–Crippen LogP) is 1.97. The van der Waals surface area contributed by atoms with Crippen LogP contribution in [0, 0.1) is 5.92 Å². The molecule has 2 atom stereocenters. The molecule has 1 amide bonds. The summed E-state index contributed by atoms with van der Waals surface area (Å²) in [5, 5.41) is 6.34. The van der Waals surface area contributed by atoms with Gasteiger partial charge in [-0.25, -0.2) is 0 Å². The van der Waals surface area contributed by atoms with Crippen LogP contribution in [0.15, 0.2) is 24.3 Å². The van der Waals surface area contributed by atoms with Gasteiger partial charge in [-0.05, 0) is 69.0 Å². The molecule has 2 fully saturated rings. The Balaban J connectivity index is 1.39. The van der Waals surface area contributed by atoms with Gasteiger partial charge in [0.15, 0.2) is 0 Å².